The van der Waals surface area contributed by atoms with Crippen LogP contribution in [0.5, 0.6) is 11.5 Å². The minimum absolute atomic E-state index is 0.142. The van der Waals surface area contributed by atoms with Gasteiger partial charge in [-0.25, -0.2) is 4.79 Å². The first-order valence-electron chi connectivity index (χ1n) is 11.3. The van der Waals surface area contributed by atoms with E-state index in [-0.39, 0.29) is 5.91 Å². The molecule has 2 fully saturated rings. The van der Waals surface area contributed by atoms with Gasteiger partial charge in [0.2, 0.25) is 5.91 Å². The van der Waals surface area contributed by atoms with E-state index in [2.05, 4.69) is 0 Å². The second-order valence-electron chi connectivity index (χ2n) is 8.79. The van der Waals surface area contributed by atoms with Gasteiger partial charge in [-0.05, 0) is 41.5 Å². The number of hydrogen-bond acceptors (Lipinski definition) is 7. The molecule has 0 radical (unpaired) electrons. The minimum atomic E-state index is -0.795. The monoisotopic (exact) mass is 475 g/mol. The Morgan fingerprint density at radius 2 is 1.94 bits per heavy atom. The molecule has 0 aromatic heterocycles. The number of methoxy groups -OCH3 is 2. The SMILES string of the molecule is COC(=O)C1C2C=CC3(CN(Cc4cccc(OC(=O)/C=C/c5ccc(OC)cc5)c4)C(=O)C13)O2. The minimum Gasteiger partial charge on any atom is -0.497 e. The second-order valence-corrected chi connectivity index (χ2v) is 8.79. The summed E-state index contributed by atoms with van der Waals surface area (Å²) < 4.78 is 21.5. The van der Waals surface area contributed by atoms with Crippen molar-refractivity contribution in [2.45, 2.75) is 18.2 Å². The van der Waals surface area contributed by atoms with Gasteiger partial charge in [0.1, 0.15) is 23.0 Å². The van der Waals surface area contributed by atoms with Gasteiger partial charge in [-0.3, -0.25) is 9.59 Å². The van der Waals surface area contributed by atoms with E-state index in [1.54, 1.807) is 36.3 Å². The number of benzene rings is 2. The summed E-state index contributed by atoms with van der Waals surface area (Å²) in [6.07, 6.45) is 6.33. The van der Waals surface area contributed by atoms with Gasteiger partial charge in [0.05, 0.1) is 32.8 Å². The highest BCUT2D eigenvalue weighted by Crippen LogP contribution is 2.52. The fraction of sp³-hybridized carbons (Fsp3) is 0.296. The number of rotatable bonds is 7. The van der Waals surface area contributed by atoms with Crippen molar-refractivity contribution < 1.29 is 33.3 Å². The Kier molecular flexibility index (Phi) is 5.90. The standard InChI is InChI=1S/C27H25NO7/c1-32-19-9-6-17(7-10-19)8-11-22(29)34-20-5-3-4-18(14-20)15-28-16-27-13-12-21(35-27)23(26(31)33-2)24(27)25(28)30/h3-14,21,23-24H,15-16H2,1-2H3/b11-8+. The molecule has 3 heterocycles. The van der Waals surface area contributed by atoms with E-state index in [4.69, 9.17) is 18.9 Å². The largest absolute Gasteiger partial charge is 0.497 e. The summed E-state index contributed by atoms with van der Waals surface area (Å²) in [5.74, 6) is -1.20. The van der Waals surface area contributed by atoms with Crippen molar-refractivity contribution in [2.24, 2.45) is 11.8 Å². The Morgan fingerprint density at radius 3 is 2.69 bits per heavy atom. The van der Waals surface area contributed by atoms with Gasteiger partial charge < -0.3 is 23.8 Å². The maximum atomic E-state index is 13.2. The summed E-state index contributed by atoms with van der Waals surface area (Å²) in [7, 11) is 2.91. The molecule has 1 amide bonds. The van der Waals surface area contributed by atoms with Gasteiger partial charge >= 0.3 is 11.9 Å². The molecule has 0 saturated carbocycles. The van der Waals surface area contributed by atoms with E-state index in [9.17, 15) is 14.4 Å². The van der Waals surface area contributed by atoms with Crippen molar-refractivity contribution in [2.75, 3.05) is 20.8 Å². The lowest BCUT2D eigenvalue weighted by molar-refractivity contribution is -0.151. The molecular formula is C27H25NO7. The zero-order chi connectivity index (χ0) is 24.6. The predicted molar refractivity (Wildman–Crippen MR) is 125 cm³/mol. The van der Waals surface area contributed by atoms with Crippen molar-refractivity contribution in [3.05, 3.63) is 77.9 Å². The van der Waals surface area contributed by atoms with Gasteiger partial charge in [-0.1, -0.05) is 36.4 Å². The van der Waals surface area contributed by atoms with Crippen molar-refractivity contribution >= 4 is 23.9 Å². The summed E-state index contributed by atoms with van der Waals surface area (Å²) in [5, 5.41) is 0. The average molecular weight is 475 g/mol. The topological polar surface area (TPSA) is 91.4 Å². The molecule has 2 bridgehead atoms. The molecule has 8 nitrogen and oxygen atoms in total. The fourth-order valence-electron chi connectivity index (χ4n) is 5.07. The Hall–Kier alpha value is -3.91. The van der Waals surface area contributed by atoms with Crippen LogP contribution in [-0.4, -0.2) is 55.2 Å². The quantitative estimate of drug-likeness (QED) is 0.263. The molecule has 3 aliphatic rings. The molecule has 8 heteroatoms. The molecule has 2 aromatic rings. The highest BCUT2D eigenvalue weighted by atomic mass is 16.5. The Labute approximate surface area is 202 Å². The van der Waals surface area contributed by atoms with E-state index in [0.29, 0.717) is 18.8 Å². The van der Waals surface area contributed by atoms with Crippen LogP contribution in [0, 0.1) is 11.8 Å². The Balaban J connectivity index is 1.24. The van der Waals surface area contributed by atoms with Crippen LogP contribution in [0.2, 0.25) is 0 Å². The lowest BCUT2D eigenvalue weighted by atomic mass is 9.77. The van der Waals surface area contributed by atoms with Crippen LogP contribution in [0.1, 0.15) is 11.1 Å². The third kappa shape index (κ3) is 4.21. The molecule has 2 saturated heterocycles. The number of likely N-dealkylation sites (tertiary alicyclic amines) is 1. The van der Waals surface area contributed by atoms with Gasteiger partial charge in [0.25, 0.3) is 0 Å². The lowest BCUT2D eigenvalue weighted by Crippen LogP contribution is -2.39. The van der Waals surface area contributed by atoms with E-state index < -0.39 is 35.5 Å². The van der Waals surface area contributed by atoms with Crippen LogP contribution in [0.4, 0.5) is 0 Å². The summed E-state index contributed by atoms with van der Waals surface area (Å²) in [5.41, 5.74) is 0.841. The highest BCUT2D eigenvalue weighted by molar-refractivity contribution is 5.91. The number of nitrogens with zero attached hydrogens (tertiary/aromatic N) is 1. The van der Waals surface area contributed by atoms with Crippen molar-refractivity contribution in [3.8, 4) is 11.5 Å². The molecule has 1 spiro atoms. The molecule has 180 valence electrons. The number of carbonyl (C=O) groups is 3. The van der Waals surface area contributed by atoms with E-state index >= 15 is 0 Å². The number of carbonyl (C=O) groups excluding carboxylic acids is 3. The molecule has 0 aliphatic carbocycles. The molecule has 5 rings (SSSR count). The van der Waals surface area contributed by atoms with E-state index in [1.165, 1.54) is 13.2 Å². The first-order chi connectivity index (χ1) is 16.9. The normalized spacial score (nSPS) is 26.3. The van der Waals surface area contributed by atoms with E-state index in [0.717, 1.165) is 16.9 Å². The summed E-state index contributed by atoms with van der Waals surface area (Å²) in [6, 6.07) is 14.3. The summed E-state index contributed by atoms with van der Waals surface area (Å²) in [6.45, 7) is 0.658. The number of amides is 1. The molecule has 3 aliphatic heterocycles. The predicted octanol–water partition coefficient (Wildman–Crippen LogP) is 2.77. The van der Waals surface area contributed by atoms with Gasteiger partial charge in [-0.15, -0.1) is 0 Å². The number of ether oxygens (including phenoxy) is 4. The van der Waals surface area contributed by atoms with Crippen LogP contribution in [0.25, 0.3) is 6.08 Å². The van der Waals surface area contributed by atoms with E-state index in [1.807, 2.05) is 42.5 Å². The average Bonchev–Trinajstić information content (AvgIpc) is 3.51. The maximum absolute atomic E-state index is 13.2. The highest BCUT2D eigenvalue weighted by Gasteiger charge is 2.67. The zero-order valence-electron chi connectivity index (χ0n) is 19.4. The first kappa shape index (κ1) is 22.9. The van der Waals surface area contributed by atoms with Crippen LogP contribution in [0.3, 0.4) is 0 Å². The molecule has 4 atom stereocenters. The zero-order valence-corrected chi connectivity index (χ0v) is 19.4. The van der Waals surface area contributed by atoms with Gasteiger partial charge in [0, 0.05) is 12.6 Å². The van der Waals surface area contributed by atoms with Crippen LogP contribution in [-0.2, 0) is 30.4 Å². The van der Waals surface area contributed by atoms with Gasteiger partial charge in [0.15, 0.2) is 0 Å². The van der Waals surface area contributed by atoms with Crippen molar-refractivity contribution in [3.63, 3.8) is 0 Å². The van der Waals surface area contributed by atoms with Crippen molar-refractivity contribution in [1.29, 1.82) is 0 Å². The number of hydrogen-bond donors (Lipinski definition) is 0. The molecule has 35 heavy (non-hydrogen) atoms. The smallest absolute Gasteiger partial charge is 0.336 e. The third-order valence-electron chi connectivity index (χ3n) is 6.67. The van der Waals surface area contributed by atoms with Crippen LogP contribution < -0.4 is 9.47 Å². The third-order valence-corrected chi connectivity index (χ3v) is 6.67. The lowest BCUT2D eigenvalue weighted by Gasteiger charge is -2.22. The number of fused-ring (bicyclic) bond motifs is 1. The second kappa shape index (κ2) is 9.03. The molecule has 4 unspecified atom stereocenters. The van der Waals surface area contributed by atoms with Crippen LogP contribution >= 0.6 is 0 Å². The molecular weight excluding hydrogens is 450 g/mol. The van der Waals surface area contributed by atoms with Gasteiger partial charge in [-0.2, -0.15) is 0 Å². The van der Waals surface area contributed by atoms with Crippen molar-refractivity contribution in [1.82, 2.24) is 4.90 Å². The fourth-order valence-corrected chi connectivity index (χ4v) is 5.07. The molecule has 2 aromatic carbocycles. The summed E-state index contributed by atoms with van der Waals surface area (Å²) in [4.78, 5) is 39.5. The maximum Gasteiger partial charge on any atom is 0.336 e. The number of esters is 2. The Bertz CT molecular complexity index is 1220. The summed E-state index contributed by atoms with van der Waals surface area (Å²) >= 11 is 0. The van der Waals surface area contributed by atoms with Crippen LogP contribution in [0.15, 0.2) is 66.8 Å². The Morgan fingerprint density at radius 1 is 1.14 bits per heavy atom. The molecule has 0 N–H and O–H groups in total. The first-order valence-corrected chi connectivity index (χ1v) is 11.3.